The van der Waals surface area contributed by atoms with Crippen LogP contribution in [0, 0.1) is 0 Å². The Labute approximate surface area is 160 Å². The molecule has 0 radical (unpaired) electrons. The molecule has 0 amide bonds. The van der Waals surface area contributed by atoms with Gasteiger partial charge in [-0.1, -0.05) is 39.7 Å². The molecule has 0 bridgehead atoms. The summed E-state index contributed by atoms with van der Waals surface area (Å²) < 4.78 is 11.8. The smallest absolute Gasteiger partial charge is 0.363 e. The molecule has 136 valence electrons. The molecule has 1 N–H and O–H groups in total. The van der Waals surface area contributed by atoms with Gasteiger partial charge in [-0.2, -0.15) is 9.61 Å². The van der Waals surface area contributed by atoms with E-state index in [1.807, 2.05) is 0 Å². The van der Waals surface area contributed by atoms with Gasteiger partial charge in [-0.15, -0.1) is 10.2 Å². The van der Waals surface area contributed by atoms with Crippen molar-refractivity contribution in [3.05, 3.63) is 39.1 Å². The lowest BCUT2D eigenvalue weighted by Crippen LogP contribution is -2.19. The van der Waals surface area contributed by atoms with Gasteiger partial charge < -0.3 is 14.7 Å². The average Bonchev–Trinajstić information content (AvgIpc) is 3.16. The SMILES string of the molecule is CCOC(=O)/C(=N\O)c1nn2c(COc3ccc(Cl)cc3Cl)nnc2s1. The van der Waals surface area contributed by atoms with Crippen LogP contribution in [0.2, 0.25) is 10.0 Å². The largest absolute Gasteiger partial charge is 0.484 e. The summed E-state index contributed by atoms with van der Waals surface area (Å²) in [6.07, 6.45) is 0. The fraction of sp³-hybridized carbons (Fsp3) is 0.214. The number of aromatic nitrogens is 4. The third-order valence-corrected chi connectivity index (χ3v) is 4.51. The van der Waals surface area contributed by atoms with Crippen molar-refractivity contribution in [3.8, 4) is 5.75 Å². The van der Waals surface area contributed by atoms with Crippen LogP contribution in [0.25, 0.3) is 4.96 Å². The van der Waals surface area contributed by atoms with E-state index in [0.717, 1.165) is 11.3 Å². The number of benzene rings is 1. The summed E-state index contributed by atoms with van der Waals surface area (Å²) in [6.45, 7) is 1.81. The lowest BCUT2D eigenvalue weighted by Gasteiger charge is -2.06. The van der Waals surface area contributed by atoms with E-state index in [9.17, 15) is 4.79 Å². The molecule has 0 aliphatic heterocycles. The van der Waals surface area contributed by atoms with Crippen LogP contribution in [0.15, 0.2) is 23.4 Å². The van der Waals surface area contributed by atoms with E-state index in [1.54, 1.807) is 25.1 Å². The van der Waals surface area contributed by atoms with Crippen molar-refractivity contribution in [1.82, 2.24) is 19.8 Å². The third kappa shape index (κ3) is 3.71. The number of oxime groups is 1. The number of carbonyl (C=O) groups is 1. The summed E-state index contributed by atoms with van der Waals surface area (Å²) in [5.74, 6) is 0.00720. The Morgan fingerprint density at radius 1 is 1.38 bits per heavy atom. The van der Waals surface area contributed by atoms with Gasteiger partial charge in [0.25, 0.3) is 0 Å². The van der Waals surface area contributed by atoms with Gasteiger partial charge in [-0.05, 0) is 25.1 Å². The van der Waals surface area contributed by atoms with Crippen LogP contribution in [0.5, 0.6) is 5.75 Å². The van der Waals surface area contributed by atoms with Crippen molar-refractivity contribution >= 4 is 51.2 Å². The Morgan fingerprint density at radius 2 is 2.19 bits per heavy atom. The van der Waals surface area contributed by atoms with E-state index in [-0.39, 0.29) is 23.9 Å². The number of rotatable bonds is 6. The van der Waals surface area contributed by atoms with Gasteiger partial charge in [-0.25, -0.2) is 4.79 Å². The van der Waals surface area contributed by atoms with Crippen molar-refractivity contribution in [2.24, 2.45) is 5.16 Å². The first-order chi connectivity index (χ1) is 12.5. The Balaban J connectivity index is 1.82. The topological polar surface area (TPSA) is 111 Å². The van der Waals surface area contributed by atoms with Gasteiger partial charge in [-0.3, -0.25) is 0 Å². The van der Waals surface area contributed by atoms with Gasteiger partial charge in [0.2, 0.25) is 10.7 Å². The van der Waals surface area contributed by atoms with E-state index in [1.165, 1.54) is 4.52 Å². The molecule has 12 heteroatoms. The number of halogens is 2. The number of hydrogen-bond donors (Lipinski definition) is 1. The maximum absolute atomic E-state index is 11.8. The standard InChI is InChI=1S/C14H11Cl2N5O4S/c1-2-24-13(22)11(20-23)12-19-21-10(17-18-14(21)26-12)6-25-9-4-3-7(15)5-8(9)16/h3-5,23H,2,6H2,1H3/b20-11-. The predicted octanol–water partition coefficient (Wildman–Crippen LogP) is 2.81. The maximum Gasteiger partial charge on any atom is 0.363 e. The van der Waals surface area contributed by atoms with Crippen LogP contribution in [0.1, 0.15) is 17.8 Å². The molecule has 1 aromatic carbocycles. The molecule has 3 aromatic rings. The van der Waals surface area contributed by atoms with Crippen molar-refractivity contribution in [3.63, 3.8) is 0 Å². The van der Waals surface area contributed by atoms with Gasteiger partial charge in [0, 0.05) is 5.02 Å². The van der Waals surface area contributed by atoms with Crippen molar-refractivity contribution in [2.75, 3.05) is 6.61 Å². The number of fused-ring (bicyclic) bond motifs is 1. The maximum atomic E-state index is 11.8. The second-order valence-corrected chi connectivity index (χ2v) is 6.55. The van der Waals surface area contributed by atoms with Crippen molar-refractivity contribution < 1.29 is 19.5 Å². The molecule has 3 rings (SSSR count). The molecule has 0 aliphatic rings. The highest BCUT2D eigenvalue weighted by molar-refractivity contribution is 7.19. The van der Waals surface area contributed by atoms with E-state index >= 15 is 0 Å². The van der Waals surface area contributed by atoms with E-state index in [2.05, 4.69) is 20.5 Å². The normalized spacial score (nSPS) is 11.7. The summed E-state index contributed by atoms with van der Waals surface area (Å²) in [6, 6.07) is 4.83. The van der Waals surface area contributed by atoms with E-state index in [0.29, 0.717) is 26.6 Å². The molecule has 0 aliphatic carbocycles. The average molecular weight is 416 g/mol. The highest BCUT2D eigenvalue weighted by Gasteiger charge is 2.23. The Bertz CT molecular complexity index is 987. The quantitative estimate of drug-likeness (QED) is 0.285. The second-order valence-electron chi connectivity index (χ2n) is 4.75. The van der Waals surface area contributed by atoms with Gasteiger partial charge >= 0.3 is 5.97 Å². The van der Waals surface area contributed by atoms with Gasteiger partial charge in [0.15, 0.2) is 10.8 Å². The minimum absolute atomic E-state index is 0.0245. The highest BCUT2D eigenvalue weighted by Crippen LogP contribution is 2.28. The van der Waals surface area contributed by atoms with Crippen LogP contribution in [0.4, 0.5) is 0 Å². The highest BCUT2D eigenvalue weighted by atomic mass is 35.5. The van der Waals surface area contributed by atoms with Crippen molar-refractivity contribution in [2.45, 2.75) is 13.5 Å². The Kier molecular flexibility index (Phi) is 5.55. The monoisotopic (exact) mass is 415 g/mol. The number of nitrogens with zero attached hydrogens (tertiary/aromatic N) is 5. The minimum Gasteiger partial charge on any atom is -0.484 e. The lowest BCUT2D eigenvalue weighted by molar-refractivity contribution is -0.135. The van der Waals surface area contributed by atoms with Crippen molar-refractivity contribution in [1.29, 1.82) is 0 Å². The molecule has 0 fully saturated rings. The predicted molar refractivity (Wildman–Crippen MR) is 94.4 cm³/mol. The van der Waals surface area contributed by atoms with E-state index in [4.69, 9.17) is 37.9 Å². The first kappa shape index (κ1) is 18.4. The zero-order valence-electron chi connectivity index (χ0n) is 13.2. The zero-order valence-corrected chi connectivity index (χ0v) is 15.5. The molecular formula is C14H11Cl2N5O4S. The third-order valence-electron chi connectivity index (χ3n) is 3.08. The van der Waals surface area contributed by atoms with Crippen LogP contribution in [-0.4, -0.2) is 43.3 Å². The molecular weight excluding hydrogens is 405 g/mol. The summed E-state index contributed by atoms with van der Waals surface area (Å²) in [5.41, 5.74) is -0.310. The fourth-order valence-electron chi connectivity index (χ4n) is 1.95. The van der Waals surface area contributed by atoms with Gasteiger partial charge in [0.1, 0.15) is 12.4 Å². The first-order valence-electron chi connectivity index (χ1n) is 7.22. The zero-order chi connectivity index (χ0) is 18.7. The minimum atomic E-state index is -0.786. The fourth-order valence-corrected chi connectivity index (χ4v) is 3.24. The molecule has 0 unspecified atom stereocenters. The molecule has 2 heterocycles. The number of carbonyl (C=O) groups excluding carboxylic acids is 1. The number of esters is 1. The Hall–Kier alpha value is -2.43. The van der Waals surface area contributed by atoms with Crippen LogP contribution in [0.3, 0.4) is 0 Å². The molecule has 2 aromatic heterocycles. The van der Waals surface area contributed by atoms with Crippen LogP contribution in [-0.2, 0) is 16.1 Å². The summed E-state index contributed by atoms with van der Waals surface area (Å²) in [5, 5.41) is 25.1. The van der Waals surface area contributed by atoms with Gasteiger partial charge in [0.05, 0.1) is 11.6 Å². The molecule has 0 atom stereocenters. The molecule has 0 saturated carbocycles. The first-order valence-corrected chi connectivity index (χ1v) is 8.79. The molecule has 0 saturated heterocycles. The van der Waals surface area contributed by atoms with Crippen LogP contribution < -0.4 is 4.74 Å². The summed E-state index contributed by atoms with van der Waals surface area (Å²) in [7, 11) is 0. The number of hydrogen-bond acceptors (Lipinski definition) is 9. The number of ether oxygens (including phenoxy) is 2. The molecule has 0 spiro atoms. The summed E-state index contributed by atoms with van der Waals surface area (Å²) in [4.78, 5) is 12.2. The molecule has 9 nitrogen and oxygen atoms in total. The van der Waals surface area contributed by atoms with E-state index < -0.39 is 5.97 Å². The molecule has 26 heavy (non-hydrogen) atoms. The summed E-state index contributed by atoms with van der Waals surface area (Å²) >= 11 is 12.9. The lowest BCUT2D eigenvalue weighted by atomic mass is 10.3. The van der Waals surface area contributed by atoms with Crippen LogP contribution >= 0.6 is 34.5 Å². The second kappa shape index (κ2) is 7.85. The Morgan fingerprint density at radius 3 is 2.88 bits per heavy atom.